The van der Waals surface area contributed by atoms with Crippen LogP contribution in [0.5, 0.6) is 5.75 Å². The number of carbonyl (C=O) groups is 1. The maximum Gasteiger partial charge on any atom is 0.273 e. The van der Waals surface area contributed by atoms with E-state index in [0.29, 0.717) is 19.4 Å². The molecule has 10 heteroatoms. The third-order valence-corrected chi connectivity index (χ3v) is 7.05. The van der Waals surface area contributed by atoms with Gasteiger partial charge in [-0.1, -0.05) is 30.3 Å². The van der Waals surface area contributed by atoms with E-state index >= 15 is 0 Å². The molecule has 0 atom stereocenters. The fourth-order valence-electron chi connectivity index (χ4n) is 3.41. The van der Waals surface area contributed by atoms with E-state index in [-0.39, 0.29) is 41.2 Å². The Bertz CT molecular complexity index is 1020. The second-order valence-electron chi connectivity index (χ2n) is 6.97. The Hall–Kier alpha value is -2.98. The van der Waals surface area contributed by atoms with Crippen molar-refractivity contribution in [1.82, 2.24) is 9.62 Å². The molecular weight excluding hydrogens is 410 g/mol. The van der Waals surface area contributed by atoms with Crippen molar-refractivity contribution in [3.8, 4) is 5.75 Å². The van der Waals surface area contributed by atoms with E-state index in [1.807, 2.05) is 30.3 Å². The molecule has 30 heavy (non-hydrogen) atoms. The van der Waals surface area contributed by atoms with Gasteiger partial charge in [-0.2, -0.15) is 4.31 Å². The maximum absolute atomic E-state index is 13.0. The van der Waals surface area contributed by atoms with Gasteiger partial charge in [0.05, 0.1) is 18.1 Å². The Morgan fingerprint density at radius 2 is 1.87 bits per heavy atom. The summed E-state index contributed by atoms with van der Waals surface area (Å²) in [5, 5.41) is 13.8. The van der Waals surface area contributed by atoms with Gasteiger partial charge >= 0.3 is 0 Å². The number of carbonyl (C=O) groups excluding carboxylic acids is 1. The van der Waals surface area contributed by atoms with E-state index in [0.717, 1.165) is 17.7 Å². The molecule has 1 fully saturated rings. The second kappa shape index (κ2) is 9.23. The molecule has 3 rings (SSSR count). The molecule has 0 radical (unpaired) electrons. The molecule has 0 aliphatic carbocycles. The average Bonchev–Trinajstić information content (AvgIpc) is 2.77. The molecule has 1 heterocycles. The monoisotopic (exact) mass is 433 g/mol. The first-order valence-electron chi connectivity index (χ1n) is 9.47. The topological polar surface area (TPSA) is 119 Å². The molecule has 0 bridgehead atoms. The van der Waals surface area contributed by atoms with E-state index in [1.54, 1.807) is 0 Å². The van der Waals surface area contributed by atoms with E-state index in [9.17, 15) is 23.3 Å². The number of nitro groups is 1. The Morgan fingerprint density at radius 1 is 1.20 bits per heavy atom. The van der Waals surface area contributed by atoms with Crippen molar-refractivity contribution in [1.29, 1.82) is 0 Å². The summed E-state index contributed by atoms with van der Waals surface area (Å²) in [6.07, 6.45) is 0.796. The summed E-state index contributed by atoms with van der Waals surface area (Å²) in [6, 6.07) is 13.0. The first-order chi connectivity index (χ1) is 14.3. The molecule has 1 amide bonds. The number of amides is 1. The summed E-state index contributed by atoms with van der Waals surface area (Å²) in [4.78, 5) is 22.6. The Labute approximate surface area is 174 Å². The molecule has 0 aromatic heterocycles. The van der Waals surface area contributed by atoms with Gasteiger partial charge in [0.2, 0.25) is 15.9 Å². The molecule has 0 spiro atoms. The first kappa shape index (κ1) is 21.7. The van der Waals surface area contributed by atoms with Gasteiger partial charge in [0.1, 0.15) is 10.6 Å². The van der Waals surface area contributed by atoms with Crippen LogP contribution in [0.3, 0.4) is 0 Å². The number of sulfonamides is 1. The first-order valence-corrected chi connectivity index (χ1v) is 10.9. The van der Waals surface area contributed by atoms with Crippen LogP contribution >= 0.6 is 0 Å². The van der Waals surface area contributed by atoms with Crippen molar-refractivity contribution in [2.45, 2.75) is 24.3 Å². The highest BCUT2D eigenvalue weighted by Crippen LogP contribution is 2.32. The van der Waals surface area contributed by atoms with Gasteiger partial charge < -0.3 is 10.1 Å². The molecule has 160 valence electrons. The number of non-ortho nitro benzene ring substituents is 1. The predicted octanol–water partition coefficient (Wildman–Crippen LogP) is 2.32. The van der Waals surface area contributed by atoms with Crippen LogP contribution in [0.25, 0.3) is 0 Å². The highest BCUT2D eigenvalue weighted by Gasteiger charge is 2.34. The minimum absolute atomic E-state index is 0.0769. The van der Waals surface area contributed by atoms with Gasteiger partial charge in [0.25, 0.3) is 5.69 Å². The van der Waals surface area contributed by atoms with Crippen LogP contribution in [-0.4, -0.2) is 43.8 Å². The van der Waals surface area contributed by atoms with Crippen LogP contribution in [0.15, 0.2) is 53.4 Å². The van der Waals surface area contributed by atoms with Crippen LogP contribution < -0.4 is 10.1 Å². The van der Waals surface area contributed by atoms with Gasteiger partial charge in [-0.15, -0.1) is 0 Å². The van der Waals surface area contributed by atoms with Crippen LogP contribution in [0, 0.1) is 16.0 Å². The number of methoxy groups -OCH3 is 1. The number of hydrogen-bond acceptors (Lipinski definition) is 6. The van der Waals surface area contributed by atoms with Crippen molar-refractivity contribution in [3.63, 3.8) is 0 Å². The molecule has 1 aliphatic heterocycles. The molecule has 9 nitrogen and oxygen atoms in total. The smallest absolute Gasteiger partial charge is 0.273 e. The van der Waals surface area contributed by atoms with Gasteiger partial charge in [-0.25, -0.2) is 8.42 Å². The third-order valence-electron chi connectivity index (χ3n) is 5.11. The van der Waals surface area contributed by atoms with E-state index in [4.69, 9.17) is 4.74 Å². The number of nitrogens with zero attached hydrogens (tertiary/aromatic N) is 2. The molecule has 1 saturated heterocycles. The van der Waals surface area contributed by atoms with Gasteiger partial charge in [-0.3, -0.25) is 14.9 Å². The van der Waals surface area contributed by atoms with Gasteiger partial charge in [0.15, 0.2) is 0 Å². The lowest BCUT2D eigenvalue weighted by Gasteiger charge is -2.30. The minimum Gasteiger partial charge on any atom is -0.495 e. The largest absolute Gasteiger partial charge is 0.495 e. The number of nitrogens with one attached hydrogen (secondary N) is 1. The van der Waals surface area contributed by atoms with Crippen LogP contribution in [0.2, 0.25) is 0 Å². The van der Waals surface area contributed by atoms with Gasteiger partial charge in [-0.05, 0) is 24.5 Å². The van der Waals surface area contributed by atoms with Crippen LogP contribution in [0.4, 0.5) is 5.69 Å². The maximum atomic E-state index is 13.0. The molecule has 1 aliphatic rings. The summed E-state index contributed by atoms with van der Waals surface area (Å²) in [7, 11) is -2.63. The lowest BCUT2D eigenvalue weighted by Crippen LogP contribution is -2.42. The highest BCUT2D eigenvalue weighted by molar-refractivity contribution is 7.89. The summed E-state index contributed by atoms with van der Waals surface area (Å²) in [5.74, 6) is -0.435. The third kappa shape index (κ3) is 4.77. The van der Waals surface area contributed by atoms with E-state index in [1.165, 1.54) is 17.5 Å². The molecule has 2 aromatic rings. The Morgan fingerprint density at radius 3 is 2.47 bits per heavy atom. The second-order valence-corrected chi connectivity index (χ2v) is 8.88. The van der Waals surface area contributed by atoms with Crippen molar-refractivity contribution in [2.75, 3.05) is 20.2 Å². The minimum atomic E-state index is -3.90. The van der Waals surface area contributed by atoms with Crippen molar-refractivity contribution < 1.29 is 22.9 Å². The Kier molecular flexibility index (Phi) is 6.68. The molecule has 2 aromatic carbocycles. The lowest BCUT2D eigenvalue weighted by atomic mass is 9.97. The van der Waals surface area contributed by atoms with Crippen molar-refractivity contribution >= 4 is 21.6 Å². The average molecular weight is 433 g/mol. The summed E-state index contributed by atoms with van der Waals surface area (Å²) in [6.45, 7) is 0.802. The fourth-order valence-corrected chi connectivity index (χ4v) is 5.02. The quantitative estimate of drug-likeness (QED) is 0.529. The van der Waals surface area contributed by atoms with E-state index < -0.39 is 14.9 Å². The van der Waals surface area contributed by atoms with Gasteiger partial charge in [0, 0.05) is 31.6 Å². The number of nitro benzene ring substituents is 1. The zero-order chi connectivity index (χ0) is 21.7. The number of rotatable bonds is 7. The number of piperidine rings is 1. The van der Waals surface area contributed by atoms with Crippen molar-refractivity contribution in [3.05, 3.63) is 64.2 Å². The normalized spacial score (nSPS) is 15.5. The summed E-state index contributed by atoms with van der Waals surface area (Å²) < 4.78 is 32.4. The summed E-state index contributed by atoms with van der Waals surface area (Å²) in [5.41, 5.74) is 0.746. The molecule has 0 unspecified atom stereocenters. The number of hydrogen-bond donors (Lipinski definition) is 1. The number of ether oxygens (including phenoxy) is 1. The Balaban J connectivity index is 1.64. The standard InChI is InChI=1S/C20H23N3O6S/c1-29-18-13-17(23(25)26)7-8-19(18)30(27,28)22-11-9-16(10-12-22)20(24)21-14-15-5-3-2-4-6-15/h2-8,13,16H,9-12,14H2,1H3,(H,21,24). The van der Waals surface area contributed by atoms with Crippen LogP contribution in [0.1, 0.15) is 18.4 Å². The van der Waals surface area contributed by atoms with Crippen LogP contribution in [-0.2, 0) is 21.4 Å². The van der Waals surface area contributed by atoms with Crippen molar-refractivity contribution in [2.24, 2.45) is 5.92 Å². The molecule has 0 saturated carbocycles. The zero-order valence-electron chi connectivity index (χ0n) is 16.5. The predicted molar refractivity (Wildman–Crippen MR) is 109 cm³/mol. The highest BCUT2D eigenvalue weighted by atomic mass is 32.2. The van der Waals surface area contributed by atoms with E-state index in [2.05, 4.69) is 5.32 Å². The number of benzene rings is 2. The fraction of sp³-hybridized carbons (Fsp3) is 0.350. The SMILES string of the molecule is COc1cc([N+](=O)[O-])ccc1S(=O)(=O)N1CCC(C(=O)NCc2ccccc2)CC1. The molecular formula is C20H23N3O6S. The molecule has 1 N–H and O–H groups in total. The summed E-state index contributed by atoms with van der Waals surface area (Å²) >= 11 is 0. The lowest BCUT2D eigenvalue weighted by molar-refractivity contribution is -0.385. The zero-order valence-corrected chi connectivity index (χ0v) is 17.3.